The van der Waals surface area contributed by atoms with Gasteiger partial charge in [0.25, 0.3) is 0 Å². The summed E-state index contributed by atoms with van der Waals surface area (Å²) in [7, 11) is 0. The molecule has 0 saturated heterocycles. The normalized spacial score (nSPS) is 15.8. The van der Waals surface area contributed by atoms with Crippen molar-refractivity contribution < 1.29 is 9.15 Å². The number of hydrogen-bond donors (Lipinski definition) is 0. The minimum absolute atomic E-state index is 0.299. The monoisotopic (exact) mass is 396 g/mol. The van der Waals surface area contributed by atoms with Gasteiger partial charge in [-0.05, 0) is 60.6 Å². The first-order valence-electron chi connectivity index (χ1n) is 7.09. The van der Waals surface area contributed by atoms with Crippen LogP contribution in [0.15, 0.2) is 27.4 Å². The number of benzene rings is 1. The molecule has 3 rings (SSSR count). The smallest absolute Gasteiger partial charge is 0.336 e. The van der Waals surface area contributed by atoms with Crippen LogP contribution in [-0.2, 0) is 6.42 Å². The molecule has 1 aliphatic rings. The second-order valence-electron chi connectivity index (χ2n) is 5.85. The third kappa shape index (κ3) is 2.61. The van der Waals surface area contributed by atoms with E-state index in [0.29, 0.717) is 5.58 Å². The van der Waals surface area contributed by atoms with Crippen LogP contribution in [0.4, 0.5) is 0 Å². The lowest BCUT2D eigenvalue weighted by molar-refractivity contribution is 0.161. The molecule has 0 atom stereocenters. The van der Waals surface area contributed by atoms with Crippen molar-refractivity contribution in [3.05, 3.63) is 43.3 Å². The van der Waals surface area contributed by atoms with Crippen LogP contribution in [0.5, 0.6) is 5.75 Å². The summed E-state index contributed by atoms with van der Waals surface area (Å²) in [5, 5.41) is 0.935. The zero-order chi connectivity index (χ0) is 15.2. The van der Waals surface area contributed by atoms with Crippen LogP contribution in [-0.4, -0.2) is 5.60 Å². The van der Waals surface area contributed by atoms with E-state index in [1.165, 1.54) is 0 Å². The molecule has 0 amide bonds. The van der Waals surface area contributed by atoms with Gasteiger partial charge in [-0.1, -0.05) is 19.4 Å². The average molecular weight is 396 g/mol. The summed E-state index contributed by atoms with van der Waals surface area (Å²) in [4.78, 5) is 11.8. The summed E-state index contributed by atoms with van der Waals surface area (Å²) in [6, 6.07) is 3.51. The molecular formula is C17H17IO3. The average Bonchev–Trinajstić information content (AvgIpc) is 2.36. The number of ether oxygens (including phenoxy) is 1. The van der Waals surface area contributed by atoms with Gasteiger partial charge in [0.1, 0.15) is 16.9 Å². The number of aryl methyl sites for hydroxylation is 1. The summed E-state index contributed by atoms with van der Waals surface area (Å²) in [6.45, 7) is 6.15. The van der Waals surface area contributed by atoms with E-state index in [4.69, 9.17) is 9.15 Å². The van der Waals surface area contributed by atoms with Crippen molar-refractivity contribution in [2.24, 2.45) is 0 Å². The molecule has 0 radical (unpaired) electrons. The quantitative estimate of drug-likeness (QED) is 0.553. The van der Waals surface area contributed by atoms with Crippen LogP contribution < -0.4 is 10.4 Å². The number of fused-ring (bicyclic) bond motifs is 3. The van der Waals surface area contributed by atoms with Crippen molar-refractivity contribution in [1.29, 1.82) is 0 Å². The summed E-state index contributed by atoms with van der Waals surface area (Å²) in [5.41, 5.74) is 2.02. The zero-order valence-electron chi connectivity index (χ0n) is 12.3. The topological polar surface area (TPSA) is 39.4 Å². The molecule has 2 heterocycles. The summed E-state index contributed by atoms with van der Waals surface area (Å²) >= 11 is 2.25. The molecule has 4 heteroatoms. The molecule has 1 aliphatic heterocycles. The van der Waals surface area contributed by atoms with Crippen LogP contribution in [0.1, 0.15) is 38.3 Å². The van der Waals surface area contributed by atoms with Gasteiger partial charge in [-0.15, -0.1) is 0 Å². The number of rotatable bonds is 2. The number of hydrogen-bond acceptors (Lipinski definition) is 3. The van der Waals surface area contributed by atoms with Crippen molar-refractivity contribution in [2.75, 3.05) is 0 Å². The fourth-order valence-corrected chi connectivity index (χ4v) is 3.37. The third-order valence-electron chi connectivity index (χ3n) is 3.59. The molecule has 0 bridgehead atoms. The highest BCUT2D eigenvalue weighted by atomic mass is 127. The predicted octanol–water partition coefficient (Wildman–Crippen LogP) is 4.53. The highest BCUT2D eigenvalue weighted by molar-refractivity contribution is 14.1. The molecule has 0 aliphatic carbocycles. The van der Waals surface area contributed by atoms with Crippen molar-refractivity contribution in [2.45, 2.75) is 39.2 Å². The van der Waals surface area contributed by atoms with Gasteiger partial charge < -0.3 is 9.15 Å². The largest absolute Gasteiger partial charge is 0.482 e. The van der Waals surface area contributed by atoms with E-state index >= 15 is 0 Å². The van der Waals surface area contributed by atoms with E-state index in [1.54, 1.807) is 6.07 Å². The third-order valence-corrected chi connectivity index (χ3v) is 4.49. The molecule has 1 aromatic heterocycles. The Labute approximate surface area is 137 Å². The van der Waals surface area contributed by atoms with E-state index in [9.17, 15) is 4.79 Å². The summed E-state index contributed by atoms with van der Waals surface area (Å²) in [5.74, 6) is 0.830. The molecule has 1 aromatic carbocycles. The minimum atomic E-state index is -0.357. The van der Waals surface area contributed by atoms with E-state index in [1.807, 2.05) is 19.9 Å². The first-order chi connectivity index (χ1) is 9.91. The number of halogens is 1. The Morgan fingerprint density at radius 3 is 2.76 bits per heavy atom. The lowest BCUT2D eigenvalue weighted by Crippen LogP contribution is -2.28. The first-order valence-corrected chi connectivity index (χ1v) is 8.16. The Morgan fingerprint density at radius 2 is 2.05 bits per heavy atom. The summed E-state index contributed by atoms with van der Waals surface area (Å²) in [6.07, 6.45) is 5.96. The van der Waals surface area contributed by atoms with Gasteiger partial charge in [0.2, 0.25) is 0 Å². The van der Waals surface area contributed by atoms with Gasteiger partial charge in [-0.25, -0.2) is 4.79 Å². The van der Waals surface area contributed by atoms with E-state index in [0.717, 1.165) is 38.7 Å². The second-order valence-corrected chi connectivity index (χ2v) is 7.02. The van der Waals surface area contributed by atoms with Gasteiger partial charge in [-0.3, -0.25) is 0 Å². The Kier molecular flexibility index (Phi) is 3.59. The maximum absolute atomic E-state index is 11.8. The molecular weight excluding hydrogens is 379 g/mol. The molecule has 0 unspecified atom stereocenters. The van der Waals surface area contributed by atoms with Crippen molar-refractivity contribution >= 4 is 39.6 Å². The highest BCUT2D eigenvalue weighted by Crippen LogP contribution is 2.41. The molecule has 110 valence electrons. The molecule has 21 heavy (non-hydrogen) atoms. The summed E-state index contributed by atoms with van der Waals surface area (Å²) < 4.78 is 12.6. The Morgan fingerprint density at radius 1 is 1.29 bits per heavy atom. The van der Waals surface area contributed by atoms with Crippen molar-refractivity contribution in [3.8, 4) is 5.75 Å². The van der Waals surface area contributed by atoms with Crippen LogP contribution in [0.2, 0.25) is 0 Å². The van der Waals surface area contributed by atoms with Crippen molar-refractivity contribution in [3.63, 3.8) is 0 Å². The highest BCUT2D eigenvalue weighted by Gasteiger charge is 2.26. The van der Waals surface area contributed by atoms with Crippen LogP contribution in [0.25, 0.3) is 17.0 Å². The van der Waals surface area contributed by atoms with E-state index < -0.39 is 0 Å². The maximum atomic E-state index is 11.8. The molecule has 2 aromatic rings. The minimum Gasteiger partial charge on any atom is -0.482 e. The first kappa shape index (κ1) is 14.6. The van der Waals surface area contributed by atoms with Crippen LogP contribution in [0.3, 0.4) is 0 Å². The fraction of sp³-hybridized carbons (Fsp3) is 0.353. The van der Waals surface area contributed by atoms with E-state index in [2.05, 4.69) is 41.7 Å². The molecule has 0 saturated carbocycles. The van der Waals surface area contributed by atoms with Gasteiger partial charge >= 0.3 is 5.63 Å². The lowest BCUT2D eigenvalue weighted by Gasteiger charge is -2.29. The Balaban J connectivity index is 2.40. The fourth-order valence-electron chi connectivity index (χ4n) is 2.67. The van der Waals surface area contributed by atoms with Gasteiger partial charge in [0.15, 0.2) is 0 Å². The molecule has 0 N–H and O–H groups in total. The Hall–Kier alpha value is -1.30. The van der Waals surface area contributed by atoms with Gasteiger partial charge in [0, 0.05) is 15.2 Å². The van der Waals surface area contributed by atoms with E-state index in [-0.39, 0.29) is 11.2 Å². The molecule has 0 fully saturated rings. The predicted molar refractivity (Wildman–Crippen MR) is 92.9 cm³/mol. The van der Waals surface area contributed by atoms with Gasteiger partial charge in [-0.2, -0.15) is 0 Å². The van der Waals surface area contributed by atoms with Crippen LogP contribution >= 0.6 is 22.6 Å². The van der Waals surface area contributed by atoms with Crippen molar-refractivity contribution in [1.82, 2.24) is 0 Å². The lowest BCUT2D eigenvalue weighted by atomic mass is 9.97. The van der Waals surface area contributed by atoms with Crippen LogP contribution in [0, 0.1) is 3.57 Å². The standard InChI is InChI=1S/C17H17IO3/c1-4-5-10-8-14(19)20-13-9-12(18)11-6-7-17(2,3)21-16(11)15(10)13/h6-9H,4-5H2,1-3H3. The SMILES string of the molecule is CCCc1cc(=O)oc2cc(I)c3c(c12)OC(C)(C)C=C3. The molecule has 3 nitrogen and oxygen atoms in total. The Bertz CT molecular complexity index is 800. The zero-order valence-corrected chi connectivity index (χ0v) is 14.5. The second kappa shape index (κ2) is 5.16. The maximum Gasteiger partial charge on any atom is 0.336 e. The molecule has 0 spiro atoms. The van der Waals surface area contributed by atoms with Gasteiger partial charge in [0.05, 0.1) is 5.39 Å².